The first-order valence-electron chi connectivity index (χ1n) is 4.70. The molecule has 0 aromatic heterocycles. The van der Waals surface area contributed by atoms with Gasteiger partial charge in [-0.2, -0.15) is 0 Å². The summed E-state index contributed by atoms with van der Waals surface area (Å²) in [6.45, 7) is 4.40. The highest BCUT2D eigenvalue weighted by Crippen LogP contribution is 2.34. The molecule has 0 unspecified atom stereocenters. The zero-order valence-corrected chi connectivity index (χ0v) is 8.56. The van der Waals surface area contributed by atoms with Crippen LogP contribution in [-0.4, -0.2) is 8.56 Å². The average molecular weight is 174 g/mol. The molecule has 66 valence electrons. The molecule has 1 saturated heterocycles. The first-order chi connectivity index (χ1) is 5.33. The standard InChI is InChI=1S/C8H18O2Si/c1-3-5-6-7-8-11(4-2)9-10-11/h3-8H2,1-2H3. The fourth-order valence-electron chi connectivity index (χ4n) is 1.26. The van der Waals surface area contributed by atoms with Crippen LogP contribution in [0.25, 0.3) is 0 Å². The summed E-state index contributed by atoms with van der Waals surface area (Å²) in [5.74, 6) is 0. The Morgan fingerprint density at radius 3 is 2.18 bits per heavy atom. The zero-order chi connectivity index (χ0) is 8.16. The van der Waals surface area contributed by atoms with Gasteiger partial charge in [0.25, 0.3) is 0 Å². The molecular formula is C8H18O2Si. The van der Waals surface area contributed by atoms with Gasteiger partial charge in [-0.15, -0.1) is 0 Å². The van der Waals surface area contributed by atoms with Gasteiger partial charge in [0, 0.05) is 0 Å². The van der Waals surface area contributed by atoms with Gasteiger partial charge in [-0.3, -0.25) is 9.15 Å². The van der Waals surface area contributed by atoms with E-state index in [0.29, 0.717) is 0 Å². The minimum atomic E-state index is -1.48. The van der Waals surface area contributed by atoms with E-state index >= 15 is 0 Å². The van der Waals surface area contributed by atoms with Gasteiger partial charge in [-0.1, -0.05) is 39.5 Å². The summed E-state index contributed by atoms with van der Waals surface area (Å²) in [5.41, 5.74) is 0. The van der Waals surface area contributed by atoms with Crippen LogP contribution in [0.4, 0.5) is 0 Å². The van der Waals surface area contributed by atoms with Gasteiger partial charge < -0.3 is 0 Å². The van der Waals surface area contributed by atoms with Gasteiger partial charge in [-0.05, 0) is 12.1 Å². The summed E-state index contributed by atoms with van der Waals surface area (Å²) >= 11 is 0. The minimum absolute atomic E-state index is 1.12. The SMILES string of the molecule is CCCCCC[Si]1(CC)OO1. The van der Waals surface area contributed by atoms with Crippen molar-refractivity contribution in [1.82, 2.24) is 0 Å². The van der Waals surface area contributed by atoms with Gasteiger partial charge in [0.15, 0.2) is 0 Å². The van der Waals surface area contributed by atoms with Crippen molar-refractivity contribution in [3.8, 4) is 0 Å². The summed E-state index contributed by atoms with van der Waals surface area (Å²) in [4.78, 5) is 0. The molecule has 0 bridgehead atoms. The lowest BCUT2D eigenvalue weighted by Gasteiger charge is -1.99. The van der Waals surface area contributed by atoms with Crippen LogP contribution in [0.3, 0.4) is 0 Å². The van der Waals surface area contributed by atoms with Crippen molar-refractivity contribution in [1.29, 1.82) is 0 Å². The molecule has 0 amide bonds. The van der Waals surface area contributed by atoms with Crippen LogP contribution < -0.4 is 0 Å². The first kappa shape index (κ1) is 9.23. The molecule has 1 rings (SSSR count). The third-order valence-electron chi connectivity index (χ3n) is 2.27. The van der Waals surface area contributed by atoms with Crippen molar-refractivity contribution in [2.45, 2.75) is 51.6 Å². The van der Waals surface area contributed by atoms with E-state index in [-0.39, 0.29) is 0 Å². The molecule has 0 saturated carbocycles. The van der Waals surface area contributed by atoms with E-state index in [0.717, 1.165) is 6.04 Å². The highest BCUT2D eigenvalue weighted by Gasteiger charge is 2.51. The monoisotopic (exact) mass is 174 g/mol. The van der Waals surface area contributed by atoms with E-state index in [1.807, 2.05) is 0 Å². The zero-order valence-electron chi connectivity index (χ0n) is 7.56. The predicted octanol–water partition coefficient (Wildman–Crippen LogP) is 2.99. The second-order valence-corrected chi connectivity index (χ2v) is 6.60. The summed E-state index contributed by atoms with van der Waals surface area (Å²) in [6.07, 6.45) is 5.31. The molecule has 0 N–H and O–H groups in total. The second-order valence-electron chi connectivity index (χ2n) is 3.24. The molecule has 1 fully saturated rings. The van der Waals surface area contributed by atoms with Crippen LogP contribution in [0.5, 0.6) is 0 Å². The van der Waals surface area contributed by atoms with Gasteiger partial charge in [0.2, 0.25) is 0 Å². The van der Waals surface area contributed by atoms with Crippen molar-refractivity contribution in [2.24, 2.45) is 0 Å². The Bertz CT molecular complexity index is 113. The molecule has 1 aliphatic rings. The quantitative estimate of drug-likeness (QED) is 0.268. The predicted molar refractivity (Wildman–Crippen MR) is 47.4 cm³/mol. The third-order valence-corrected chi connectivity index (χ3v) is 5.10. The summed E-state index contributed by atoms with van der Waals surface area (Å²) in [6, 6.07) is 2.34. The lowest BCUT2D eigenvalue weighted by molar-refractivity contribution is 0.0850. The van der Waals surface area contributed by atoms with E-state index in [9.17, 15) is 0 Å². The van der Waals surface area contributed by atoms with Gasteiger partial charge in [0.05, 0.1) is 0 Å². The van der Waals surface area contributed by atoms with Crippen LogP contribution in [0.2, 0.25) is 12.1 Å². The maximum atomic E-state index is 5.06. The second kappa shape index (κ2) is 4.23. The maximum absolute atomic E-state index is 5.06. The van der Waals surface area contributed by atoms with E-state index in [1.165, 1.54) is 31.7 Å². The molecule has 0 radical (unpaired) electrons. The van der Waals surface area contributed by atoms with Crippen molar-refractivity contribution in [3.05, 3.63) is 0 Å². The van der Waals surface area contributed by atoms with Crippen LogP contribution in [0, 0.1) is 0 Å². The Hall–Kier alpha value is 0.137. The van der Waals surface area contributed by atoms with Crippen molar-refractivity contribution >= 4 is 8.56 Å². The Morgan fingerprint density at radius 2 is 1.73 bits per heavy atom. The summed E-state index contributed by atoms with van der Waals surface area (Å²) in [5, 5.41) is 0. The highest BCUT2D eigenvalue weighted by atomic mass is 28.4. The van der Waals surface area contributed by atoms with Gasteiger partial charge in [0.1, 0.15) is 0 Å². The largest absolute Gasteiger partial charge is 0.406 e. The molecule has 3 heteroatoms. The molecule has 1 heterocycles. The minimum Gasteiger partial charge on any atom is -0.257 e. The van der Waals surface area contributed by atoms with E-state index in [1.54, 1.807) is 0 Å². The Morgan fingerprint density at radius 1 is 1.00 bits per heavy atom. The average Bonchev–Trinajstić information content (AvgIpc) is 2.80. The van der Waals surface area contributed by atoms with Crippen LogP contribution >= 0.6 is 0 Å². The topological polar surface area (TPSA) is 25.1 Å². The Labute approximate surface area is 70.1 Å². The molecule has 0 aromatic rings. The Balaban J connectivity index is 1.94. The molecule has 2 nitrogen and oxygen atoms in total. The van der Waals surface area contributed by atoms with E-state index < -0.39 is 8.56 Å². The number of unbranched alkanes of at least 4 members (excludes halogenated alkanes) is 3. The lowest BCUT2D eigenvalue weighted by atomic mass is 10.2. The molecule has 0 aromatic carbocycles. The molecule has 1 aliphatic heterocycles. The smallest absolute Gasteiger partial charge is 0.257 e. The Kier molecular flexibility index (Phi) is 3.55. The highest BCUT2D eigenvalue weighted by molar-refractivity contribution is 6.72. The fraction of sp³-hybridized carbons (Fsp3) is 1.00. The number of rotatable bonds is 6. The third kappa shape index (κ3) is 2.93. The van der Waals surface area contributed by atoms with Crippen LogP contribution in [0.1, 0.15) is 39.5 Å². The summed E-state index contributed by atoms with van der Waals surface area (Å²) < 4.78 is 10.1. The number of hydrogen-bond donors (Lipinski definition) is 0. The molecule has 0 spiro atoms. The fourth-order valence-corrected chi connectivity index (χ4v) is 3.27. The van der Waals surface area contributed by atoms with E-state index in [2.05, 4.69) is 13.8 Å². The molecule has 11 heavy (non-hydrogen) atoms. The lowest BCUT2D eigenvalue weighted by Crippen LogP contribution is -2.13. The van der Waals surface area contributed by atoms with Gasteiger partial charge >= 0.3 is 8.56 Å². The summed E-state index contributed by atoms with van der Waals surface area (Å²) in [7, 11) is -1.48. The maximum Gasteiger partial charge on any atom is 0.406 e. The first-order valence-corrected chi connectivity index (χ1v) is 6.93. The van der Waals surface area contributed by atoms with Gasteiger partial charge in [-0.25, -0.2) is 0 Å². The van der Waals surface area contributed by atoms with Crippen molar-refractivity contribution < 1.29 is 9.15 Å². The van der Waals surface area contributed by atoms with Crippen LogP contribution in [0.15, 0.2) is 0 Å². The molecular weight excluding hydrogens is 156 g/mol. The van der Waals surface area contributed by atoms with Crippen LogP contribution in [-0.2, 0) is 9.15 Å². The number of hydrogen-bond acceptors (Lipinski definition) is 2. The van der Waals surface area contributed by atoms with Crippen molar-refractivity contribution in [3.63, 3.8) is 0 Å². The van der Waals surface area contributed by atoms with Crippen molar-refractivity contribution in [2.75, 3.05) is 0 Å². The molecule has 0 atom stereocenters. The normalized spacial score (nSPS) is 20.2. The molecule has 0 aliphatic carbocycles. The van der Waals surface area contributed by atoms with E-state index in [4.69, 9.17) is 9.15 Å².